The van der Waals surface area contributed by atoms with Gasteiger partial charge in [-0.05, 0) is 60.5 Å². The second kappa shape index (κ2) is 10.8. The van der Waals surface area contributed by atoms with Crippen molar-refractivity contribution in [3.63, 3.8) is 0 Å². The molecular weight excluding hydrogens is 366 g/mol. The van der Waals surface area contributed by atoms with Crippen LogP contribution in [0.1, 0.15) is 18.4 Å². The molecule has 0 atom stereocenters. The zero-order valence-electron chi connectivity index (χ0n) is 16.5. The number of carbonyl (C=O) groups is 1. The van der Waals surface area contributed by atoms with Crippen molar-refractivity contribution in [2.75, 3.05) is 19.0 Å². The number of hydrogen-bond donors (Lipinski definition) is 1. The van der Waals surface area contributed by atoms with Crippen LogP contribution >= 0.6 is 0 Å². The van der Waals surface area contributed by atoms with Crippen LogP contribution in [-0.2, 0) is 11.4 Å². The molecule has 0 saturated heterocycles. The van der Waals surface area contributed by atoms with Gasteiger partial charge in [-0.2, -0.15) is 0 Å². The Morgan fingerprint density at radius 3 is 2.10 bits per heavy atom. The Bertz CT molecular complexity index is 877. The van der Waals surface area contributed by atoms with Gasteiger partial charge >= 0.3 is 0 Å². The van der Waals surface area contributed by atoms with Gasteiger partial charge < -0.3 is 19.5 Å². The molecule has 0 bridgehead atoms. The summed E-state index contributed by atoms with van der Waals surface area (Å²) in [7, 11) is 1.62. The molecule has 3 aromatic rings. The molecule has 0 aliphatic heterocycles. The lowest BCUT2D eigenvalue weighted by Crippen LogP contribution is -2.12. The largest absolute Gasteiger partial charge is 0.497 e. The van der Waals surface area contributed by atoms with Crippen molar-refractivity contribution in [2.24, 2.45) is 0 Å². The first-order valence-corrected chi connectivity index (χ1v) is 9.56. The molecule has 0 fully saturated rings. The van der Waals surface area contributed by atoms with Crippen LogP contribution in [-0.4, -0.2) is 19.6 Å². The molecule has 3 rings (SSSR count). The Labute approximate surface area is 171 Å². The minimum absolute atomic E-state index is 0.0405. The fourth-order valence-electron chi connectivity index (χ4n) is 2.69. The summed E-state index contributed by atoms with van der Waals surface area (Å²) in [5.41, 5.74) is 1.86. The smallest absolute Gasteiger partial charge is 0.224 e. The zero-order chi connectivity index (χ0) is 20.3. The fraction of sp³-hybridized carbons (Fsp3) is 0.208. The molecule has 5 heteroatoms. The van der Waals surface area contributed by atoms with E-state index in [9.17, 15) is 4.79 Å². The quantitative estimate of drug-likeness (QED) is 0.490. The normalized spacial score (nSPS) is 10.2. The predicted octanol–water partition coefficient (Wildman–Crippen LogP) is 5.07. The van der Waals surface area contributed by atoms with Crippen molar-refractivity contribution in [1.82, 2.24) is 0 Å². The first-order valence-electron chi connectivity index (χ1n) is 9.56. The molecule has 0 spiro atoms. The lowest BCUT2D eigenvalue weighted by molar-refractivity contribution is -0.116. The highest BCUT2D eigenvalue weighted by atomic mass is 16.5. The van der Waals surface area contributed by atoms with Gasteiger partial charge in [-0.15, -0.1) is 0 Å². The number of methoxy groups -OCH3 is 1. The molecule has 0 heterocycles. The Balaban J connectivity index is 1.35. The summed E-state index contributed by atoms with van der Waals surface area (Å²) in [6.07, 6.45) is 1.03. The predicted molar refractivity (Wildman–Crippen MR) is 114 cm³/mol. The van der Waals surface area contributed by atoms with E-state index in [2.05, 4.69) is 5.32 Å². The van der Waals surface area contributed by atoms with Gasteiger partial charge in [-0.1, -0.05) is 30.3 Å². The van der Waals surface area contributed by atoms with Gasteiger partial charge in [0.1, 0.15) is 23.9 Å². The number of rotatable bonds is 10. The average Bonchev–Trinajstić information content (AvgIpc) is 2.77. The maximum atomic E-state index is 12.1. The second-order valence-corrected chi connectivity index (χ2v) is 6.47. The minimum atomic E-state index is -0.0405. The number of hydrogen-bond acceptors (Lipinski definition) is 4. The lowest BCUT2D eigenvalue weighted by atomic mass is 10.2. The van der Waals surface area contributed by atoms with Gasteiger partial charge in [-0.3, -0.25) is 4.79 Å². The van der Waals surface area contributed by atoms with Crippen LogP contribution in [0.3, 0.4) is 0 Å². The van der Waals surface area contributed by atoms with Gasteiger partial charge in [0, 0.05) is 12.1 Å². The van der Waals surface area contributed by atoms with Crippen LogP contribution in [0.15, 0.2) is 78.9 Å². The zero-order valence-corrected chi connectivity index (χ0v) is 16.5. The Morgan fingerprint density at radius 1 is 0.793 bits per heavy atom. The van der Waals surface area contributed by atoms with Gasteiger partial charge in [0.05, 0.1) is 13.7 Å². The lowest BCUT2D eigenvalue weighted by Gasteiger charge is -2.09. The molecule has 5 nitrogen and oxygen atoms in total. The van der Waals surface area contributed by atoms with E-state index in [-0.39, 0.29) is 5.91 Å². The Morgan fingerprint density at radius 2 is 1.41 bits per heavy atom. The average molecular weight is 391 g/mol. The molecule has 150 valence electrons. The SMILES string of the molecule is COc1ccc(OCCCC(=O)Nc2ccc(OCc3ccccc3)cc2)cc1. The molecule has 0 aliphatic carbocycles. The number of carbonyl (C=O) groups excluding carboxylic acids is 1. The van der Waals surface area contributed by atoms with E-state index in [1.54, 1.807) is 7.11 Å². The highest BCUT2D eigenvalue weighted by molar-refractivity contribution is 5.90. The highest BCUT2D eigenvalue weighted by Gasteiger charge is 2.04. The summed E-state index contributed by atoms with van der Waals surface area (Å²) >= 11 is 0. The van der Waals surface area contributed by atoms with Crippen molar-refractivity contribution in [1.29, 1.82) is 0 Å². The van der Waals surface area contributed by atoms with Gasteiger partial charge in [0.2, 0.25) is 5.91 Å². The third-order valence-electron chi connectivity index (χ3n) is 4.26. The fourth-order valence-corrected chi connectivity index (χ4v) is 2.69. The molecule has 1 amide bonds. The molecule has 3 aromatic carbocycles. The van der Waals surface area contributed by atoms with Crippen molar-refractivity contribution in [3.8, 4) is 17.2 Å². The van der Waals surface area contributed by atoms with E-state index in [0.717, 1.165) is 28.5 Å². The van der Waals surface area contributed by atoms with E-state index in [4.69, 9.17) is 14.2 Å². The second-order valence-electron chi connectivity index (χ2n) is 6.47. The minimum Gasteiger partial charge on any atom is -0.497 e. The summed E-state index contributed by atoms with van der Waals surface area (Å²) in [6.45, 7) is 0.993. The number of nitrogens with one attached hydrogen (secondary N) is 1. The van der Waals surface area contributed by atoms with Gasteiger partial charge in [0.25, 0.3) is 0 Å². The molecule has 0 aliphatic rings. The van der Waals surface area contributed by atoms with Crippen LogP contribution < -0.4 is 19.5 Å². The molecule has 1 N–H and O–H groups in total. The topological polar surface area (TPSA) is 56.8 Å². The first kappa shape index (κ1) is 20.3. The van der Waals surface area contributed by atoms with Crippen LogP contribution in [0, 0.1) is 0 Å². The third kappa shape index (κ3) is 6.88. The summed E-state index contributed by atoms with van der Waals surface area (Å²) < 4.78 is 16.5. The molecule has 0 saturated carbocycles. The van der Waals surface area contributed by atoms with Crippen molar-refractivity contribution < 1.29 is 19.0 Å². The van der Waals surface area contributed by atoms with Gasteiger partial charge in [0.15, 0.2) is 0 Å². The summed E-state index contributed by atoms with van der Waals surface area (Å²) in [4.78, 5) is 12.1. The Kier molecular flexibility index (Phi) is 7.52. The van der Waals surface area contributed by atoms with Crippen LogP contribution in [0.25, 0.3) is 0 Å². The van der Waals surface area contributed by atoms with Crippen LogP contribution in [0.2, 0.25) is 0 Å². The van der Waals surface area contributed by atoms with Crippen LogP contribution in [0.5, 0.6) is 17.2 Å². The van der Waals surface area contributed by atoms with Crippen molar-refractivity contribution >= 4 is 11.6 Å². The number of anilines is 1. The number of benzene rings is 3. The van der Waals surface area contributed by atoms with E-state index in [1.165, 1.54) is 0 Å². The molecule has 0 radical (unpaired) electrons. The van der Waals surface area contributed by atoms with E-state index in [0.29, 0.717) is 26.1 Å². The molecule has 0 unspecified atom stereocenters. The van der Waals surface area contributed by atoms with E-state index >= 15 is 0 Å². The maximum Gasteiger partial charge on any atom is 0.224 e. The summed E-state index contributed by atoms with van der Waals surface area (Å²) in [5.74, 6) is 2.27. The Hall–Kier alpha value is -3.47. The van der Waals surface area contributed by atoms with E-state index in [1.807, 2.05) is 78.9 Å². The molecule has 0 aromatic heterocycles. The summed E-state index contributed by atoms with van der Waals surface area (Å²) in [6, 6.07) is 24.8. The monoisotopic (exact) mass is 391 g/mol. The van der Waals surface area contributed by atoms with Crippen LogP contribution in [0.4, 0.5) is 5.69 Å². The molecule has 29 heavy (non-hydrogen) atoms. The highest BCUT2D eigenvalue weighted by Crippen LogP contribution is 2.18. The van der Waals surface area contributed by atoms with Crippen molar-refractivity contribution in [2.45, 2.75) is 19.4 Å². The number of amides is 1. The maximum absolute atomic E-state index is 12.1. The van der Waals surface area contributed by atoms with Gasteiger partial charge in [-0.25, -0.2) is 0 Å². The first-order chi connectivity index (χ1) is 14.2. The third-order valence-corrected chi connectivity index (χ3v) is 4.26. The van der Waals surface area contributed by atoms with E-state index < -0.39 is 0 Å². The molecular formula is C24H25NO4. The standard InChI is InChI=1S/C24H25NO4/c1-27-21-13-15-22(16-14-21)28-17-5-8-24(26)25-20-9-11-23(12-10-20)29-18-19-6-3-2-4-7-19/h2-4,6-7,9-16H,5,8,17-18H2,1H3,(H,25,26). The number of ether oxygens (including phenoxy) is 3. The summed E-state index contributed by atoms with van der Waals surface area (Å²) in [5, 5.41) is 2.89. The van der Waals surface area contributed by atoms with Crippen molar-refractivity contribution in [3.05, 3.63) is 84.4 Å².